The van der Waals surface area contributed by atoms with Crippen molar-refractivity contribution in [2.75, 3.05) is 33.5 Å². The van der Waals surface area contributed by atoms with E-state index >= 15 is 0 Å². The summed E-state index contributed by atoms with van der Waals surface area (Å²) in [6, 6.07) is 21.8. The molecule has 1 N–H and O–H groups in total. The van der Waals surface area contributed by atoms with Crippen molar-refractivity contribution in [3.05, 3.63) is 138 Å². The van der Waals surface area contributed by atoms with Gasteiger partial charge in [0.15, 0.2) is 11.5 Å². The Bertz CT molecular complexity index is 2160. The first-order chi connectivity index (χ1) is 31.1. The van der Waals surface area contributed by atoms with Crippen molar-refractivity contribution in [3.63, 3.8) is 0 Å². The molecule has 336 valence electrons. The van der Waals surface area contributed by atoms with Crippen molar-refractivity contribution in [1.29, 1.82) is 0 Å². The number of aliphatic hydroxyl groups is 1. The van der Waals surface area contributed by atoms with Gasteiger partial charge in [-0.15, -0.1) is 0 Å². The third-order valence-corrected chi connectivity index (χ3v) is 10.4. The highest BCUT2D eigenvalue weighted by atomic mass is 16.5. The lowest BCUT2D eigenvalue weighted by atomic mass is 9.99. The van der Waals surface area contributed by atoms with E-state index in [0.717, 1.165) is 91.3 Å². The van der Waals surface area contributed by atoms with Crippen molar-refractivity contribution in [1.82, 2.24) is 0 Å². The van der Waals surface area contributed by atoms with Gasteiger partial charge < -0.3 is 38.3 Å². The van der Waals surface area contributed by atoms with Gasteiger partial charge in [0.2, 0.25) is 0 Å². The van der Waals surface area contributed by atoms with E-state index in [2.05, 4.69) is 13.2 Å². The maximum atomic E-state index is 12.9. The number of benzene rings is 4. The Morgan fingerprint density at radius 1 is 0.562 bits per heavy atom. The van der Waals surface area contributed by atoms with Gasteiger partial charge in [0.1, 0.15) is 17.2 Å². The SMILES string of the molecule is C=CC(=O)OCCCCCCOc1ccc(C=CC(=O)Oc2ccc3c(c2)C(C)c2cc(OC(=O)C=Cc4ccc(OCCCCCCOC(=O)C=C)c(OC)c4)ccc2-3)cc1CO. The first-order valence-electron chi connectivity index (χ1n) is 21.5. The lowest BCUT2D eigenvalue weighted by Crippen LogP contribution is -2.04. The smallest absolute Gasteiger partial charge is 0.336 e. The standard InChI is InChI=1S/C52H56O12/c1-5-49(54)61-29-13-9-7-11-27-59-46-23-15-37(31-39(46)35-53)17-25-51(56)63-40-19-21-42-43-22-20-41(34-45(43)36(3)44(42)33-40)64-52(57)26-18-38-16-24-47(48(32-38)58-4)60-28-12-8-10-14-30-62-50(55)6-2/h5-6,15-26,31-34,36,53H,1-2,7-14,27-30,35H2,3-4H3. The number of hydrogen-bond acceptors (Lipinski definition) is 12. The summed E-state index contributed by atoms with van der Waals surface area (Å²) < 4.78 is 38.7. The minimum absolute atomic E-state index is 0.0536. The molecule has 0 heterocycles. The second kappa shape index (κ2) is 25.3. The minimum atomic E-state index is -0.552. The van der Waals surface area contributed by atoms with E-state index in [4.69, 9.17) is 33.2 Å². The molecule has 0 spiro atoms. The fraction of sp³-hybridized carbons (Fsp3) is 0.308. The molecule has 64 heavy (non-hydrogen) atoms. The number of unbranched alkanes of at least 4 members (excludes halogenated alkanes) is 6. The van der Waals surface area contributed by atoms with Crippen molar-refractivity contribution < 1.29 is 57.4 Å². The van der Waals surface area contributed by atoms with E-state index in [0.29, 0.717) is 66.3 Å². The van der Waals surface area contributed by atoms with Crippen molar-refractivity contribution >= 4 is 36.0 Å². The van der Waals surface area contributed by atoms with Crippen molar-refractivity contribution in [2.24, 2.45) is 0 Å². The Morgan fingerprint density at radius 2 is 1.03 bits per heavy atom. The molecule has 0 saturated carbocycles. The Balaban J connectivity index is 1.07. The highest BCUT2D eigenvalue weighted by molar-refractivity contribution is 5.90. The summed E-state index contributed by atoms with van der Waals surface area (Å²) >= 11 is 0. The van der Waals surface area contributed by atoms with Gasteiger partial charge >= 0.3 is 23.9 Å². The summed E-state index contributed by atoms with van der Waals surface area (Å²) in [5.74, 6) is 0.557. The summed E-state index contributed by atoms with van der Waals surface area (Å²) in [4.78, 5) is 48.0. The number of esters is 4. The highest BCUT2D eigenvalue weighted by Gasteiger charge is 2.27. The minimum Gasteiger partial charge on any atom is -0.493 e. The van der Waals surface area contributed by atoms with E-state index in [9.17, 15) is 24.3 Å². The molecule has 0 fully saturated rings. The zero-order chi connectivity index (χ0) is 45.7. The molecule has 0 aromatic heterocycles. The van der Waals surface area contributed by atoms with Crippen LogP contribution in [0.2, 0.25) is 0 Å². The van der Waals surface area contributed by atoms with Crippen LogP contribution in [0.1, 0.15) is 92.0 Å². The molecule has 12 heteroatoms. The van der Waals surface area contributed by atoms with Gasteiger partial charge in [-0.25, -0.2) is 19.2 Å². The van der Waals surface area contributed by atoms with E-state index < -0.39 is 23.9 Å². The van der Waals surface area contributed by atoms with Crippen LogP contribution >= 0.6 is 0 Å². The van der Waals surface area contributed by atoms with Gasteiger partial charge in [-0.2, -0.15) is 0 Å². The van der Waals surface area contributed by atoms with E-state index in [1.165, 1.54) is 12.2 Å². The topological polar surface area (TPSA) is 153 Å². The van der Waals surface area contributed by atoms with Gasteiger partial charge in [0.05, 0.1) is 40.1 Å². The number of hydrogen-bond donors (Lipinski definition) is 1. The third-order valence-electron chi connectivity index (χ3n) is 10.4. The van der Waals surface area contributed by atoms with Crippen LogP contribution < -0.4 is 23.7 Å². The van der Waals surface area contributed by atoms with Gasteiger partial charge in [0, 0.05) is 35.8 Å². The van der Waals surface area contributed by atoms with E-state index in [1.807, 2.05) is 37.3 Å². The lowest BCUT2D eigenvalue weighted by Gasteiger charge is -2.11. The van der Waals surface area contributed by atoms with E-state index in [1.54, 1.807) is 61.7 Å². The van der Waals surface area contributed by atoms with Crippen LogP contribution in [0.25, 0.3) is 23.3 Å². The van der Waals surface area contributed by atoms with Crippen molar-refractivity contribution in [2.45, 2.75) is 70.8 Å². The van der Waals surface area contributed by atoms with Gasteiger partial charge in [0.25, 0.3) is 0 Å². The average Bonchev–Trinajstić information content (AvgIpc) is 3.58. The number of carbonyl (C=O) groups is 4. The third kappa shape index (κ3) is 14.6. The van der Waals surface area contributed by atoms with E-state index in [-0.39, 0.29) is 12.5 Å². The van der Waals surface area contributed by atoms with Gasteiger partial charge in [-0.05, 0) is 145 Å². The molecule has 4 aromatic carbocycles. The summed E-state index contributed by atoms with van der Waals surface area (Å²) in [5, 5.41) is 9.95. The van der Waals surface area contributed by atoms with Crippen LogP contribution in [0, 0.1) is 0 Å². The quantitative estimate of drug-likeness (QED) is 0.0277. The second-order valence-electron chi connectivity index (χ2n) is 14.9. The van der Waals surface area contributed by atoms with Crippen LogP contribution in [0.4, 0.5) is 0 Å². The molecule has 1 aliphatic carbocycles. The van der Waals surface area contributed by atoms with Gasteiger partial charge in [-0.1, -0.05) is 44.3 Å². The Hall–Kier alpha value is -6.92. The predicted molar refractivity (Wildman–Crippen MR) is 244 cm³/mol. The molecule has 5 rings (SSSR count). The van der Waals surface area contributed by atoms with Gasteiger partial charge in [-0.3, -0.25) is 0 Å². The predicted octanol–water partition coefficient (Wildman–Crippen LogP) is 9.89. The summed E-state index contributed by atoms with van der Waals surface area (Å²) in [7, 11) is 1.56. The van der Waals surface area contributed by atoms with Crippen LogP contribution in [-0.2, 0) is 35.3 Å². The molecular weight excluding hydrogens is 817 g/mol. The molecule has 1 unspecified atom stereocenters. The van der Waals surface area contributed by atoms with Crippen LogP contribution in [-0.4, -0.2) is 62.5 Å². The maximum Gasteiger partial charge on any atom is 0.336 e. The number of carbonyl (C=O) groups excluding carboxylic acids is 4. The highest BCUT2D eigenvalue weighted by Crippen LogP contribution is 2.47. The molecular formula is C52H56O12. The first-order valence-corrected chi connectivity index (χ1v) is 21.5. The Kier molecular flexibility index (Phi) is 19.0. The molecule has 0 amide bonds. The Morgan fingerprint density at radius 3 is 1.52 bits per heavy atom. The largest absolute Gasteiger partial charge is 0.493 e. The lowest BCUT2D eigenvalue weighted by molar-refractivity contribution is -0.138. The molecule has 0 saturated heterocycles. The molecule has 0 aliphatic heterocycles. The molecule has 0 bridgehead atoms. The first kappa shape index (κ1) is 48.1. The van der Waals surface area contributed by atoms with Crippen molar-refractivity contribution in [3.8, 4) is 39.9 Å². The summed E-state index contributed by atoms with van der Waals surface area (Å²) in [5.41, 5.74) is 6.02. The number of ether oxygens (including phenoxy) is 7. The monoisotopic (exact) mass is 872 g/mol. The zero-order valence-corrected chi connectivity index (χ0v) is 36.5. The van der Waals surface area contributed by atoms with Crippen LogP contribution in [0.5, 0.6) is 28.7 Å². The molecule has 4 aromatic rings. The molecule has 0 radical (unpaired) electrons. The number of aliphatic hydroxyl groups excluding tert-OH is 1. The maximum absolute atomic E-state index is 12.9. The summed E-state index contributed by atoms with van der Waals surface area (Å²) in [6.45, 7) is 10.3. The number of rotatable bonds is 26. The fourth-order valence-corrected chi connectivity index (χ4v) is 7.03. The second-order valence-corrected chi connectivity index (χ2v) is 14.9. The number of fused-ring (bicyclic) bond motifs is 3. The molecule has 1 atom stereocenters. The van der Waals surface area contributed by atoms with Crippen LogP contribution in [0.3, 0.4) is 0 Å². The summed E-state index contributed by atoms with van der Waals surface area (Å²) in [6.07, 6.45) is 15.1. The zero-order valence-electron chi connectivity index (χ0n) is 36.5. The average molecular weight is 873 g/mol. The fourth-order valence-electron chi connectivity index (χ4n) is 7.03. The number of methoxy groups -OCH3 is 1. The Labute approximate surface area is 374 Å². The normalized spacial score (nSPS) is 12.6. The van der Waals surface area contributed by atoms with Crippen LogP contribution in [0.15, 0.2) is 110 Å². The molecule has 1 aliphatic rings. The molecule has 12 nitrogen and oxygen atoms in total.